The topological polar surface area (TPSA) is 70.1 Å². The SMILES string of the molecule is CC1CN(C(=O)N2CCCC2CC(=O)O)CC(C)O1. The quantitative estimate of drug-likeness (QED) is 0.817. The van der Waals surface area contributed by atoms with Gasteiger partial charge in [0.15, 0.2) is 0 Å². The molecule has 0 aromatic heterocycles. The van der Waals surface area contributed by atoms with E-state index < -0.39 is 5.97 Å². The number of carboxylic acids is 1. The second-order valence-electron chi connectivity index (χ2n) is 5.53. The van der Waals surface area contributed by atoms with Crippen LogP contribution in [0.4, 0.5) is 4.79 Å². The van der Waals surface area contributed by atoms with Crippen molar-refractivity contribution in [3.8, 4) is 0 Å². The number of nitrogens with zero attached hydrogens (tertiary/aromatic N) is 2. The molecule has 3 unspecified atom stereocenters. The maximum Gasteiger partial charge on any atom is 0.320 e. The summed E-state index contributed by atoms with van der Waals surface area (Å²) < 4.78 is 5.61. The predicted molar refractivity (Wildman–Crippen MR) is 69.0 cm³/mol. The molecule has 2 rings (SSSR count). The first-order valence-corrected chi connectivity index (χ1v) is 6.90. The minimum atomic E-state index is -0.839. The van der Waals surface area contributed by atoms with Crippen molar-refractivity contribution in [2.24, 2.45) is 0 Å². The highest BCUT2D eigenvalue weighted by Crippen LogP contribution is 2.23. The number of ether oxygens (including phenoxy) is 1. The number of hydrogen-bond acceptors (Lipinski definition) is 3. The summed E-state index contributed by atoms with van der Waals surface area (Å²) in [5.74, 6) is -0.839. The Morgan fingerprint density at radius 1 is 1.26 bits per heavy atom. The van der Waals surface area contributed by atoms with E-state index in [1.165, 1.54) is 0 Å². The van der Waals surface area contributed by atoms with Crippen LogP contribution in [0.25, 0.3) is 0 Å². The number of aliphatic carboxylic acids is 1. The maximum absolute atomic E-state index is 12.5. The van der Waals surface area contributed by atoms with Crippen LogP contribution in [0.15, 0.2) is 0 Å². The van der Waals surface area contributed by atoms with E-state index >= 15 is 0 Å². The predicted octanol–water partition coefficient (Wildman–Crippen LogP) is 1.15. The molecule has 0 aliphatic carbocycles. The third-order valence-corrected chi connectivity index (χ3v) is 3.72. The van der Waals surface area contributed by atoms with Crippen LogP contribution < -0.4 is 0 Å². The summed E-state index contributed by atoms with van der Waals surface area (Å²) in [5.41, 5.74) is 0. The van der Waals surface area contributed by atoms with Crippen LogP contribution in [0.3, 0.4) is 0 Å². The summed E-state index contributed by atoms with van der Waals surface area (Å²) in [6.07, 6.45) is 1.79. The molecule has 0 bridgehead atoms. The molecule has 2 heterocycles. The van der Waals surface area contributed by atoms with Crippen molar-refractivity contribution < 1.29 is 19.4 Å². The van der Waals surface area contributed by atoms with Gasteiger partial charge in [0.2, 0.25) is 0 Å². The Balaban J connectivity index is 1.99. The monoisotopic (exact) mass is 270 g/mol. The van der Waals surface area contributed by atoms with Crippen molar-refractivity contribution in [2.75, 3.05) is 19.6 Å². The molecule has 0 saturated carbocycles. The average molecular weight is 270 g/mol. The van der Waals surface area contributed by atoms with Gasteiger partial charge in [-0.15, -0.1) is 0 Å². The first-order valence-electron chi connectivity index (χ1n) is 6.90. The largest absolute Gasteiger partial charge is 0.481 e. The first kappa shape index (κ1) is 14.1. The zero-order valence-corrected chi connectivity index (χ0v) is 11.5. The molecule has 2 fully saturated rings. The highest BCUT2D eigenvalue weighted by Gasteiger charge is 2.35. The normalized spacial score (nSPS) is 31.6. The van der Waals surface area contributed by atoms with Crippen molar-refractivity contribution in [2.45, 2.75) is 51.4 Å². The maximum atomic E-state index is 12.5. The van der Waals surface area contributed by atoms with E-state index in [2.05, 4.69) is 0 Å². The third kappa shape index (κ3) is 3.37. The molecule has 0 radical (unpaired) electrons. The summed E-state index contributed by atoms with van der Waals surface area (Å²) in [6, 6.07) is -0.191. The Hall–Kier alpha value is -1.30. The summed E-state index contributed by atoms with van der Waals surface area (Å²) in [5, 5.41) is 8.90. The molecule has 2 amide bonds. The van der Waals surface area contributed by atoms with E-state index in [1.54, 1.807) is 9.80 Å². The van der Waals surface area contributed by atoms with Crippen LogP contribution in [0.2, 0.25) is 0 Å². The fourth-order valence-corrected chi connectivity index (χ4v) is 3.02. The van der Waals surface area contributed by atoms with E-state index in [0.717, 1.165) is 12.8 Å². The molecule has 2 saturated heterocycles. The molecule has 0 aromatic carbocycles. The van der Waals surface area contributed by atoms with E-state index in [9.17, 15) is 9.59 Å². The van der Waals surface area contributed by atoms with Crippen LogP contribution in [0.5, 0.6) is 0 Å². The van der Waals surface area contributed by atoms with Crippen molar-refractivity contribution >= 4 is 12.0 Å². The molecular formula is C13H22N2O4. The molecule has 19 heavy (non-hydrogen) atoms. The Bertz CT molecular complexity index is 351. The number of carbonyl (C=O) groups excluding carboxylic acids is 1. The number of rotatable bonds is 2. The molecule has 2 aliphatic heterocycles. The number of amides is 2. The molecular weight excluding hydrogens is 248 g/mol. The number of urea groups is 1. The fourth-order valence-electron chi connectivity index (χ4n) is 3.02. The van der Waals surface area contributed by atoms with Gasteiger partial charge in [-0.2, -0.15) is 0 Å². The third-order valence-electron chi connectivity index (χ3n) is 3.72. The van der Waals surface area contributed by atoms with Crippen LogP contribution in [-0.2, 0) is 9.53 Å². The number of likely N-dealkylation sites (tertiary alicyclic amines) is 1. The van der Waals surface area contributed by atoms with Crippen LogP contribution in [0, 0.1) is 0 Å². The number of morpholine rings is 1. The molecule has 3 atom stereocenters. The first-order chi connectivity index (χ1) is 8.97. The van der Waals surface area contributed by atoms with E-state index in [-0.39, 0.29) is 30.7 Å². The summed E-state index contributed by atoms with van der Waals surface area (Å²) in [7, 11) is 0. The number of carbonyl (C=O) groups is 2. The lowest BCUT2D eigenvalue weighted by molar-refractivity contribution is -0.138. The molecule has 2 aliphatic rings. The Morgan fingerprint density at radius 3 is 2.47 bits per heavy atom. The minimum absolute atomic E-state index is 0.0354. The van der Waals surface area contributed by atoms with Crippen molar-refractivity contribution in [3.63, 3.8) is 0 Å². The second kappa shape index (κ2) is 5.77. The lowest BCUT2D eigenvalue weighted by atomic mass is 10.1. The summed E-state index contributed by atoms with van der Waals surface area (Å²) in [6.45, 7) is 5.74. The van der Waals surface area contributed by atoms with Crippen molar-refractivity contribution in [3.05, 3.63) is 0 Å². The molecule has 1 N–H and O–H groups in total. The molecule has 6 heteroatoms. The van der Waals surface area contributed by atoms with Crippen LogP contribution >= 0.6 is 0 Å². The molecule has 0 spiro atoms. The van der Waals surface area contributed by atoms with Gasteiger partial charge in [-0.05, 0) is 26.7 Å². The molecule has 6 nitrogen and oxygen atoms in total. The fraction of sp³-hybridized carbons (Fsp3) is 0.846. The zero-order chi connectivity index (χ0) is 14.0. The van der Waals surface area contributed by atoms with Gasteiger partial charge >= 0.3 is 12.0 Å². The second-order valence-corrected chi connectivity index (χ2v) is 5.53. The van der Waals surface area contributed by atoms with Gasteiger partial charge in [-0.3, -0.25) is 4.79 Å². The molecule has 108 valence electrons. The standard InChI is InChI=1S/C13H22N2O4/c1-9-7-14(8-10(2)19-9)13(18)15-5-3-4-11(15)6-12(16)17/h9-11H,3-8H2,1-2H3,(H,16,17). The highest BCUT2D eigenvalue weighted by atomic mass is 16.5. The zero-order valence-electron chi connectivity index (χ0n) is 11.5. The number of carboxylic acid groups (broad SMARTS) is 1. The van der Waals surface area contributed by atoms with Gasteiger partial charge in [0.1, 0.15) is 0 Å². The van der Waals surface area contributed by atoms with Crippen LogP contribution in [0.1, 0.15) is 33.1 Å². The number of hydrogen-bond donors (Lipinski definition) is 1. The minimum Gasteiger partial charge on any atom is -0.481 e. The van der Waals surface area contributed by atoms with Gasteiger partial charge in [0.25, 0.3) is 0 Å². The summed E-state index contributed by atoms with van der Waals surface area (Å²) >= 11 is 0. The highest BCUT2D eigenvalue weighted by molar-refractivity contribution is 5.76. The van der Waals surface area contributed by atoms with Gasteiger partial charge in [-0.1, -0.05) is 0 Å². The molecule has 0 aromatic rings. The summed E-state index contributed by atoms with van der Waals surface area (Å²) in [4.78, 5) is 26.8. The van der Waals surface area contributed by atoms with Gasteiger partial charge < -0.3 is 19.6 Å². The van der Waals surface area contributed by atoms with Crippen LogP contribution in [-0.4, -0.2) is 64.8 Å². The Labute approximate surface area is 113 Å². The van der Waals surface area contributed by atoms with Crippen molar-refractivity contribution in [1.82, 2.24) is 9.80 Å². The van der Waals surface area contributed by atoms with Gasteiger partial charge in [0.05, 0.1) is 18.6 Å². The lowest BCUT2D eigenvalue weighted by Gasteiger charge is -2.38. The average Bonchev–Trinajstić information content (AvgIpc) is 2.73. The van der Waals surface area contributed by atoms with Gasteiger partial charge in [-0.25, -0.2) is 4.79 Å². The smallest absolute Gasteiger partial charge is 0.320 e. The van der Waals surface area contributed by atoms with E-state index in [4.69, 9.17) is 9.84 Å². The van der Waals surface area contributed by atoms with Crippen molar-refractivity contribution in [1.29, 1.82) is 0 Å². The van der Waals surface area contributed by atoms with Gasteiger partial charge in [0, 0.05) is 25.7 Å². The van der Waals surface area contributed by atoms with E-state index in [1.807, 2.05) is 13.8 Å². The lowest BCUT2D eigenvalue weighted by Crippen LogP contribution is -2.54. The van der Waals surface area contributed by atoms with E-state index in [0.29, 0.717) is 19.6 Å². The Morgan fingerprint density at radius 2 is 1.89 bits per heavy atom. The Kier molecular flexibility index (Phi) is 4.29.